The van der Waals surface area contributed by atoms with Gasteiger partial charge in [-0.1, -0.05) is 56.3 Å². The third kappa shape index (κ3) is 8.07. The molecule has 45 heavy (non-hydrogen) atoms. The number of rotatable bonds is 10. The topological polar surface area (TPSA) is 86.3 Å². The number of amides is 2. The Labute approximate surface area is 262 Å². The van der Waals surface area contributed by atoms with Crippen molar-refractivity contribution in [2.24, 2.45) is 4.99 Å². The number of thiazole rings is 1. The highest BCUT2D eigenvalue weighted by Crippen LogP contribution is 2.26. The molecule has 0 spiro atoms. The van der Waals surface area contributed by atoms with Crippen LogP contribution in [0, 0.1) is 6.92 Å². The largest absolute Gasteiger partial charge is 0.573 e. The summed E-state index contributed by atoms with van der Waals surface area (Å²) in [6, 6.07) is 21.2. The lowest BCUT2D eigenvalue weighted by molar-refractivity contribution is -0.274. The Kier molecular flexibility index (Phi) is 9.82. The summed E-state index contributed by atoms with van der Waals surface area (Å²) < 4.78 is 44.7. The van der Waals surface area contributed by atoms with Gasteiger partial charge < -0.3 is 10.1 Å². The number of hydrogen-bond donors (Lipinski definition) is 1. The summed E-state index contributed by atoms with van der Waals surface area (Å²) >= 11 is 1.45. The van der Waals surface area contributed by atoms with Crippen LogP contribution in [0.15, 0.2) is 89.5 Å². The van der Waals surface area contributed by atoms with Crippen LogP contribution in [0.25, 0.3) is 22.8 Å². The fraction of sp³-hybridized carbons (Fsp3) is 0.273. The zero-order valence-corrected chi connectivity index (χ0v) is 25.9. The lowest BCUT2D eigenvalue weighted by atomic mass is 9.95. The molecule has 0 aliphatic rings. The Morgan fingerprint density at radius 2 is 1.80 bits per heavy atom. The third-order valence-corrected chi connectivity index (χ3v) is 8.29. The molecule has 1 atom stereocenters. The van der Waals surface area contributed by atoms with E-state index in [1.165, 1.54) is 52.2 Å². The Balaban J connectivity index is 1.13. The molecule has 12 heteroatoms. The number of aryl methyl sites for hydroxylation is 2. The number of urea groups is 1. The van der Waals surface area contributed by atoms with Gasteiger partial charge in [0.25, 0.3) is 0 Å². The van der Waals surface area contributed by atoms with Gasteiger partial charge in [0.15, 0.2) is 10.6 Å². The first-order chi connectivity index (χ1) is 21.6. The van der Waals surface area contributed by atoms with Crippen molar-refractivity contribution in [3.05, 3.63) is 106 Å². The molecule has 2 amide bonds. The van der Waals surface area contributed by atoms with Crippen molar-refractivity contribution < 1.29 is 22.7 Å². The van der Waals surface area contributed by atoms with E-state index in [0.29, 0.717) is 22.9 Å². The van der Waals surface area contributed by atoms with Crippen molar-refractivity contribution in [3.63, 3.8) is 0 Å². The van der Waals surface area contributed by atoms with E-state index in [9.17, 15) is 18.0 Å². The predicted molar refractivity (Wildman–Crippen MR) is 168 cm³/mol. The average molecular weight is 635 g/mol. The maximum absolute atomic E-state index is 12.7. The molecule has 234 valence electrons. The lowest BCUT2D eigenvalue weighted by Crippen LogP contribution is -2.25. The molecule has 3 aromatic carbocycles. The SMILES string of the molecule is CCc1ccccc1-n1c(C)csc1=NC(=O)NCCCC(C)c1ccc(-c2ncn(-c3ccc(OC(F)(F)F)cc3)n2)cc1. The number of para-hydroxylation sites is 1. The molecule has 0 fully saturated rings. The maximum Gasteiger partial charge on any atom is 0.573 e. The zero-order chi connectivity index (χ0) is 32.0. The van der Waals surface area contributed by atoms with Gasteiger partial charge in [-0.3, -0.25) is 4.57 Å². The zero-order valence-electron chi connectivity index (χ0n) is 25.1. The summed E-state index contributed by atoms with van der Waals surface area (Å²) in [4.78, 5) is 22.0. The van der Waals surface area contributed by atoms with Crippen LogP contribution in [0.4, 0.5) is 18.0 Å². The Hall–Kier alpha value is -4.71. The normalized spacial score (nSPS) is 12.7. The van der Waals surface area contributed by atoms with Gasteiger partial charge in [0.05, 0.1) is 11.4 Å². The molecular formula is C33H33F3N6O2S. The van der Waals surface area contributed by atoms with E-state index in [-0.39, 0.29) is 17.7 Å². The van der Waals surface area contributed by atoms with Gasteiger partial charge in [-0.2, -0.15) is 4.99 Å². The standard InChI is InChI=1S/C33H33F3N6O2S/c1-4-24-9-5-6-10-29(24)42-23(3)20-45-32(42)39-31(43)37-19-7-8-22(2)25-11-13-26(14-12-25)30-38-21-41(40-30)27-15-17-28(18-16-27)44-33(34,35)36/h5-6,9-18,20-22H,4,7-8,19H2,1-3H3,(H,37,43). The van der Waals surface area contributed by atoms with E-state index >= 15 is 0 Å². The molecule has 5 aromatic rings. The van der Waals surface area contributed by atoms with Crippen LogP contribution in [-0.4, -0.2) is 38.3 Å². The average Bonchev–Trinajstić information content (AvgIpc) is 3.66. The Bertz CT molecular complexity index is 1810. The second kappa shape index (κ2) is 13.9. The molecule has 1 N–H and O–H groups in total. The second-order valence-corrected chi connectivity index (χ2v) is 11.4. The quantitative estimate of drug-likeness (QED) is 0.159. The highest BCUT2D eigenvalue weighted by molar-refractivity contribution is 7.07. The minimum absolute atomic E-state index is 0.267. The summed E-state index contributed by atoms with van der Waals surface area (Å²) in [7, 11) is 0. The summed E-state index contributed by atoms with van der Waals surface area (Å²) in [5, 5.41) is 9.39. The van der Waals surface area contributed by atoms with Gasteiger partial charge in [0.2, 0.25) is 0 Å². The van der Waals surface area contributed by atoms with Crippen molar-refractivity contribution >= 4 is 17.4 Å². The van der Waals surface area contributed by atoms with E-state index < -0.39 is 6.36 Å². The van der Waals surface area contributed by atoms with E-state index in [4.69, 9.17) is 0 Å². The summed E-state index contributed by atoms with van der Waals surface area (Å²) in [5.74, 6) is 0.462. The van der Waals surface area contributed by atoms with Crippen molar-refractivity contribution in [2.75, 3.05) is 6.54 Å². The molecule has 0 aliphatic heterocycles. The van der Waals surface area contributed by atoms with Crippen LogP contribution in [-0.2, 0) is 6.42 Å². The van der Waals surface area contributed by atoms with Gasteiger partial charge in [0.1, 0.15) is 12.1 Å². The highest BCUT2D eigenvalue weighted by atomic mass is 32.1. The van der Waals surface area contributed by atoms with E-state index in [2.05, 4.69) is 51.1 Å². The smallest absolute Gasteiger partial charge is 0.406 e. The second-order valence-electron chi connectivity index (χ2n) is 10.5. The first-order valence-corrected chi connectivity index (χ1v) is 15.5. The van der Waals surface area contributed by atoms with Gasteiger partial charge >= 0.3 is 12.4 Å². The number of alkyl halides is 3. The van der Waals surface area contributed by atoms with Gasteiger partial charge in [-0.05, 0) is 73.6 Å². The number of carbonyl (C=O) groups excluding carboxylic acids is 1. The van der Waals surface area contributed by atoms with Crippen molar-refractivity contribution in [3.8, 4) is 28.5 Å². The van der Waals surface area contributed by atoms with Crippen molar-refractivity contribution in [1.29, 1.82) is 0 Å². The number of benzene rings is 3. The summed E-state index contributed by atoms with van der Waals surface area (Å²) in [6.07, 6.45) is -0.673. The monoisotopic (exact) mass is 634 g/mol. The molecule has 0 saturated carbocycles. The third-order valence-electron chi connectivity index (χ3n) is 7.34. The number of nitrogens with zero attached hydrogens (tertiary/aromatic N) is 5. The van der Waals surface area contributed by atoms with Gasteiger partial charge in [-0.25, -0.2) is 14.5 Å². The Morgan fingerprint density at radius 3 is 2.51 bits per heavy atom. The fourth-order valence-electron chi connectivity index (χ4n) is 4.97. The van der Waals surface area contributed by atoms with Crippen LogP contribution < -0.4 is 14.9 Å². The van der Waals surface area contributed by atoms with Crippen molar-refractivity contribution in [1.82, 2.24) is 24.6 Å². The van der Waals surface area contributed by atoms with Crippen LogP contribution >= 0.6 is 11.3 Å². The first-order valence-electron chi connectivity index (χ1n) is 14.6. The molecule has 1 unspecified atom stereocenters. The van der Waals surface area contributed by atoms with E-state index in [1.54, 1.807) is 0 Å². The molecule has 2 aromatic heterocycles. The Morgan fingerprint density at radius 1 is 1.07 bits per heavy atom. The molecule has 8 nitrogen and oxygen atoms in total. The minimum atomic E-state index is -4.74. The predicted octanol–water partition coefficient (Wildman–Crippen LogP) is 7.75. The molecular weight excluding hydrogens is 601 g/mol. The molecule has 0 saturated heterocycles. The van der Waals surface area contributed by atoms with E-state index in [0.717, 1.165) is 41.8 Å². The number of aromatic nitrogens is 4. The molecule has 0 aliphatic carbocycles. The number of hydrogen-bond acceptors (Lipinski definition) is 5. The molecule has 0 bridgehead atoms. The molecule has 0 radical (unpaired) electrons. The highest BCUT2D eigenvalue weighted by Gasteiger charge is 2.31. The number of halogens is 3. The fourth-order valence-corrected chi connectivity index (χ4v) is 5.83. The number of carbonyl (C=O) groups is 1. The van der Waals surface area contributed by atoms with Crippen LogP contribution in [0.5, 0.6) is 5.75 Å². The molecule has 5 rings (SSSR count). The maximum atomic E-state index is 12.7. The van der Waals surface area contributed by atoms with Crippen molar-refractivity contribution in [2.45, 2.75) is 52.3 Å². The number of nitrogens with one attached hydrogen (secondary N) is 1. The summed E-state index contributed by atoms with van der Waals surface area (Å²) in [5.41, 5.74) is 5.80. The van der Waals surface area contributed by atoms with Crippen LogP contribution in [0.3, 0.4) is 0 Å². The van der Waals surface area contributed by atoms with E-state index in [1.807, 2.05) is 53.3 Å². The number of ether oxygens (including phenoxy) is 1. The van der Waals surface area contributed by atoms with Gasteiger partial charge in [0, 0.05) is 23.2 Å². The minimum Gasteiger partial charge on any atom is -0.406 e. The lowest BCUT2D eigenvalue weighted by Gasteiger charge is -2.12. The van der Waals surface area contributed by atoms with Gasteiger partial charge in [-0.15, -0.1) is 29.6 Å². The summed E-state index contributed by atoms with van der Waals surface area (Å²) in [6.45, 7) is 6.79. The van der Waals surface area contributed by atoms with Crippen LogP contribution in [0.1, 0.15) is 49.4 Å². The van der Waals surface area contributed by atoms with Crippen LogP contribution in [0.2, 0.25) is 0 Å². The first kappa shape index (κ1) is 31.7. The molecule has 2 heterocycles.